The average molecular weight is 485 g/mol. The van der Waals surface area contributed by atoms with Crippen molar-refractivity contribution in [1.82, 2.24) is 0 Å². The first-order chi connectivity index (χ1) is 12.1. The number of benzene rings is 2. The molecule has 2 aromatic rings. The fourth-order valence-electron chi connectivity index (χ4n) is 2.06. The van der Waals surface area contributed by atoms with Gasteiger partial charge in [0.15, 0.2) is 0 Å². The van der Waals surface area contributed by atoms with Gasteiger partial charge in [-0.05, 0) is 23.8 Å². The van der Waals surface area contributed by atoms with E-state index in [4.69, 9.17) is 9.79 Å². The molecule has 0 radical (unpaired) electrons. The molecule has 0 fully saturated rings. The summed E-state index contributed by atoms with van der Waals surface area (Å²) in [5.41, 5.74) is -4.27. The number of hydrogen-bond acceptors (Lipinski definition) is 3. The maximum Gasteiger partial charge on any atom is 0.399 e. The van der Waals surface area contributed by atoms with Gasteiger partial charge in [0.2, 0.25) is 0 Å². The van der Waals surface area contributed by atoms with Gasteiger partial charge in [-0.3, -0.25) is 8.77 Å². The highest BCUT2D eigenvalue weighted by Gasteiger charge is 2.51. The third kappa shape index (κ3) is 5.47. The lowest BCUT2D eigenvalue weighted by molar-refractivity contribution is 0.0557. The predicted octanol–water partition coefficient (Wildman–Crippen LogP) is 4.72. The number of hydrogen-bond donors (Lipinski definition) is 2. The Morgan fingerprint density at radius 3 is 2.38 bits per heavy atom. The molecule has 0 bridgehead atoms. The predicted molar refractivity (Wildman–Crippen MR) is 104 cm³/mol. The minimum Gasteiger partial charge on any atom is -0.320 e. The first-order valence-corrected chi connectivity index (χ1v) is 12.2. The van der Waals surface area contributed by atoms with Gasteiger partial charge < -0.3 is 9.79 Å². The molecule has 0 saturated carbocycles. The molecule has 142 valence electrons. The Hall–Kier alpha value is -0.570. The third-order valence-corrected chi connectivity index (χ3v) is 7.70. The van der Waals surface area contributed by atoms with Crippen LogP contribution in [0.3, 0.4) is 0 Å². The monoisotopic (exact) mass is 484 g/mol. The van der Waals surface area contributed by atoms with Crippen LogP contribution in [-0.2, 0) is 26.8 Å². The van der Waals surface area contributed by atoms with E-state index in [1.165, 1.54) is 23.9 Å². The van der Waals surface area contributed by atoms with Crippen LogP contribution in [0.5, 0.6) is 0 Å². The molecule has 0 heterocycles. The molecule has 0 aliphatic carbocycles. The molecule has 0 saturated heterocycles. The van der Waals surface area contributed by atoms with Crippen molar-refractivity contribution in [2.45, 2.75) is 16.3 Å². The maximum atomic E-state index is 13.8. The van der Waals surface area contributed by atoms with E-state index >= 15 is 0 Å². The molecule has 0 spiro atoms. The van der Waals surface area contributed by atoms with E-state index in [1.54, 1.807) is 12.1 Å². The Kier molecular flexibility index (Phi) is 7.59. The first-order valence-electron chi connectivity index (χ1n) is 7.36. The van der Waals surface area contributed by atoms with Crippen molar-refractivity contribution in [3.8, 4) is 0 Å². The largest absolute Gasteiger partial charge is 0.399 e. The Morgan fingerprint density at radius 2 is 1.81 bits per heavy atom. The Labute approximate surface area is 165 Å². The minimum atomic E-state index is -5.60. The Bertz CT molecular complexity index is 830. The van der Waals surface area contributed by atoms with Crippen LogP contribution in [0.25, 0.3) is 0 Å². The molecule has 0 aromatic heterocycles. The average Bonchev–Trinajstić information content (AvgIpc) is 2.58. The summed E-state index contributed by atoms with van der Waals surface area (Å²) in [7, 11) is -6.69. The van der Waals surface area contributed by atoms with Crippen LogP contribution in [0.4, 0.5) is 8.78 Å². The summed E-state index contributed by atoms with van der Waals surface area (Å²) in [6.45, 7) is 0. The van der Waals surface area contributed by atoms with Gasteiger partial charge in [-0.2, -0.15) is 20.5 Å². The molecule has 2 rings (SSSR count). The van der Waals surface area contributed by atoms with Crippen LogP contribution in [0.15, 0.2) is 57.9 Å². The highest BCUT2D eigenvalue weighted by Crippen LogP contribution is 2.60. The lowest BCUT2D eigenvalue weighted by Crippen LogP contribution is -2.14. The quantitative estimate of drug-likeness (QED) is 0.418. The Morgan fingerprint density at radius 1 is 1.15 bits per heavy atom. The molecule has 1 unspecified atom stereocenters. The van der Waals surface area contributed by atoms with E-state index in [0.29, 0.717) is 17.3 Å². The third-order valence-electron chi connectivity index (χ3n) is 3.41. The first kappa shape index (κ1) is 21.7. The summed E-state index contributed by atoms with van der Waals surface area (Å²) in [5.74, 6) is 1.61. The molecular weight excluding hydrogens is 469 g/mol. The molecule has 2 aromatic carbocycles. The van der Waals surface area contributed by atoms with Crippen LogP contribution in [0.2, 0.25) is 0 Å². The Balaban J connectivity index is 1.92. The molecule has 0 aliphatic heterocycles. The zero-order valence-corrected chi connectivity index (χ0v) is 17.5. The van der Waals surface area contributed by atoms with Crippen molar-refractivity contribution in [3.05, 3.63) is 64.1 Å². The lowest BCUT2D eigenvalue weighted by atomic mass is 10.1. The van der Waals surface area contributed by atoms with Crippen LogP contribution < -0.4 is 0 Å². The second-order valence-corrected chi connectivity index (χ2v) is 10.5. The molecule has 0 amide bonds. The van der Waals surface area contributed by atoms with E-state index in [-0.39, 0.29) is 4.47 Å². The van der Waals surface area contributed by atoms with Gasteiger partial charge >= 0.3 is 13.3 Å². The summed E-state index contributed by atoms with van der Waals surface area (Å²) in [6, 6.07) is 13.0. The van der Waals surface area contributed by atoms with E-state index in [0.717, 1.165) is 16.5 Å². The van der Waals surface area contributed by atoms with Gasteiger partial charge in [0.1, 0.15) is 0 Å². The highest BCUT2D eigenvalue weighted by molar-refractivity contribution is 9.10. The van der Waals surface area contributed by atoms with Crippen molar-refractivity contribution < 1.29 is 27.3 Å². The smallest absolute Gasteiger partial charge is 0.320 e. The second-order valence-electron chi connectivity index (χ2n) is 5.31. The fourth-order valence-corrected chi connectivity index (χ4v) is 5.73. The van der Waals surface area contributed by atoms with Crippen molar-refractivity contribution in [2.75, 3.05) is 11.5 Å². The number of rotatable bonds is 8. The zero-order chi connectivity index (χ0) is 19.4. The second kappa shape index (κ2) is 9.08. The molecule has 0 aliphatic rings. The highest BCUT2D eigenvalue weighted by atomic mass is 79.9. The van der Waals surface area contributed by atoms with Crippen molar-refractivity contribution >= 4 is 46.1 Å². The zero-order valence-electron chi connectivity index (χ0n) is 13.3. The van der Waals surface area contributed by atoms with E-state index in [9.17, 15) is 17.6 Å². The van der Waals surface area contributed by atoms with Gasteiger partial charge in [-0.25, -0.2) is 0 Å². The normalized spacial score (nSPS) is 13.6. The van der Waals surface area contributed by atoms with Gasteiger partial charge in [0, 0.05) is 32.2 Å². The van der Waals surface area contributed by atoms with Crippen molar-refractivity contribution in [1.29, 1.82) is 0 Å². The van der Waals surface area contributed by atoms with Crippen LogP contribution in [-0.4, -0.2) is 25.5 Å². The minimum absolute atomic E-state index is 0.0585. The molecular formula is C16H16BrF2O4PS2. The summed E-state index contributed by atoms with van der Waals surface area (Å²) in [5, 5.41) is 0. The molecule has 1 atom stereocenters. The van der Waals surface area contributed by atoms with E-state index < -0.39 is 29.6 Å². The van der Waals surface area contributed by atoms with Crippen LogP contribution in [0.1, 0.15) is 11.1 Å². The summed E-state index contributed by atoms with van der Waals surface area (Å²) >= 11 is 4.46. The molecule has 26 heavy (non-hydrogen) atoms. The summed E-state index contributed by atoms with van der Waals surface area (Å²) in [6.07, 6.45) is 0. The van der Waals surface area contributed by atoms with Gasteiger partial charge in [-0.15, -0.1) is 0 Å². The SMILES string of the molecule is O=S(CCSCc1ccc(C(F)(F)P(=O)(O)O)c(Br)c1)c1ccccc1. The fraction of sp³-hybridized carbons (Fsp3) is 0.250. The van der Waals surface area contributed by atoms with Gasteiger partial charge in [0.05, 0.1) is 10.8 Å². The lowest BCUT2D eigenvalue weighted by Gasteiger charge is -2.19. The van der Waals surface area contributed by atoms with Gasteiger partial charge in [-0.1, -0.05) is 46.3 Å². The summed E-state index contributed by atoms with van der Waals surface area (Å²) < 4.78 is 50.6. The number of thioether (sulfide) groups is 1. The summed E-state index contributed by atoms with van der Waals surface area (Å²) in [4.78, 5) is 18.4. The molecule has 4 nitrogen and oxygen atoms in total. The van der Waals surface area contributed by atoms with Gasteiger partial charge in [0.25, 0.3) is 0 Å². The standard InChI is InChI=1S/C16H16BrF2O4PS2/c17-15-10-12(6-7-14(15)16(18,19)24(20,21)22)11-25-8-9-26(23)13-4-2-1-3-5-13/h1-7,10H,8-9,11H2,(H2,20,21,22). The molecule has 2 N–H and O–H groups in total. The van der Waals surface area contributed by atoms with Crippen molar-refractivity contribution in [2.24, 2.45) is 0 Å². The maximum absolute atomic E-state index is 13.8. The number of halogens is 3. The molecule has 10 heteroatoms. The van der Waals surface area contributed by atoms with E-state index in [2.05, 4.69) is 15.9 Å². The number of alkyl halides is 2. The van der Waals surface area contributed by atoms with Crippen LogP contribution in [0, 0.1) is 0 Å². The van der Waals surface area contributed by atoms with Crippen molar-refractivity contribution in [3.63, 3.8) is 0 Å². The van der Waals surface area contributed by atoms with E-state index in [1.807, 2.05) is 18.2 Å². The topological polar surface area (TPSA) is 74.6 Å². The van der Waals surface area contributed by atoms with Crippen LogP contribution >= 0.6 is 35.3 Å².